The maximum atomic E-state index is 11.4. The first-order chi connectivity index (χ1) is 8.66. The van der Waals surface area contributed by atoms with Gasteiger partial charge in [-0.2, -0.15) is 10.2 Å². The number of hydrogen-bond donors (Lipinski definition) is 3. The Bertz CT molecular complexity index is 582. The van der Waals surface area contributed by atoms with Gasteiger partial charge in [0.25, 0.3) is 0 Å². The van der Waals surface area contributed by atoms with E-state index in [0.29, 0.717) is 5.56 Å². The molecule has 0 saturated carbocycles. The maximum absolute atomic E-state index is 11.4. The first kappa shape index (κ1) is 12.2. The minimum Gasteiger partial charge on any atom is -0.507 e. The van der Waals surface area contributed by atoms with E-state index in [1.165, 1.54) is 18.6 Å². The number of rotatable bonds is 3. The Kier molecular flexibility index (Phi) is 3.68. The number of aromatic nitrogens is 3. The molecular weight excluding hydrogens is 302 g/mol. The van der Waals surface area contributed by atoms with E-state index in [2.05, 4.69) is 41.6 Å². The molecule has 1 amide bonds. The molecular formula is C10H8BrN5O2. The van der Waals surface area contributed by atoms with Crippen molar-refractivity contribution in [2.24, 2.45) is 5.10 Å². The molecule has 7 nitrogen and oxygen atoms in total. The molecule has 0 aliphatic carbocycles. The third kappa shape index (κ3) is 2.92. The Labute approximate surface area is 110 Å². The number of phenolic OH excluding ortho intramolecular Hbond substituents is 1. The van der Waals surface area contributed by atoms with Gasteiger partial charge in [0.1, 0.15) is 12.1 Å². The van der Waals surface area contributed by atoms with E-state index in [0.717, 1.165) is 4.47 Å². The van der Waals surface area contributed by atoms with E-state index >= 15 is 0 Å². The van der Waals surface area contributed by atoms with E-state index in [-0.39, 0.29) is 11.6 Å². The highest BCUT2D eigenvalue weighted by molar-refractivity contribution is 9.10. The van der Waals surface area contributed by atoms with Crippen LogP contribution in [0.15, 0.2) is 34.1 Å². The number of hydrogen-bond acceptors (Lipinski definition) is 5. The number of amides is 1. The van der Waals surface area contributed by atoms with Crippen LogP contribution in [0.5, 0.6) is 5.75 Å². The minimum absolute atomic E-state index is 0.0608. The van der Waals surface area contributed by atoms with Crippen LogP contribution in [0.25, 0.3) is 0 Å². The number of aromatic hydroxyl groups is 1. The molecule has 8 heteroatoms. The van der Waals surface area contributed by atoms with Gasteiger partial charge in [0.05, 0.1) is 6.21 Å². The van der Waals surface area contributed by atoms with Crippen LogP contribution in [0.2, 0.25) is 0 Å². The summed E-state index contributed by atoms with van der Waals surface area (Å²) in [5.41, 5.74) is 2.72. The average molecular weight is 310 g/mol. The van der Waals surface area contributed by atoms with Crippen molar-refractivity contribution in [3.63, 3.8) is 0 Å². The molecule has 0 saturated heterocycles. The fourth-order valence-electron chi connectivity index (χ4n) is 1.16. The highest BCUT2D eigenvalue weighted by atomic mass is 79.9. The van der Waals surface area contributed by atoms with Crippen LogP contribution < -0.4 is 5.43 Å². The van der Waals surface area contributed by atoms with Crippen molar-refractivity contribution in [3.8, 4) is 5.75 Å². The molecule has 0 radical (unpaired) electrons. The minimum atomic E-state index is -0.516. The van der Waals surface area contributed by atoms with E-state index < -0.39 is 5.91 Å². The van der Waals surface area contributed by atoms with Gasteiger partial charge in [0, 0.05) is 10.0 Å². The predicted octanol–water partition coefficient (Wildman–Crippen LogP) is 1.04. The highest BCUT2D eigenvalue weighted by Crippen LogP contribution is 2.19. The summed E-state index contributed by atoms with van der Waals surface area (Å²) < 4.78 is 0.795. The lowest BCUT2D eigenvalue weighted by molar-refractivity contribution is 0.0945. The number of hydrazone groups is 1. The third-order valence-corrected chi connectivity index (χ3v) is 2.48. The third-order valence-electron chi connectivity index (χ3n) is 1.99. The van der Waals surface area contributed by atoms with E-state index in [9.17, 15) is 9.90 Å². The van der Waals surface area contributed by atoms with Gasteiger partial charge in [-0.15, -0.1) is 0 Å². The lowest BCUT2D eigenvalue weighted by Gasteiger charge is -1.99. The van der Waals surface area contributed by atoms with Gasteiger partial charge in [-0.25, -0.2) is 10.4 Å². The summed E-state index contributed by atoms with van der Waals surface area (Å²) in [5, 5.41) is 19.2. The molecule has 3 N–H and O–H groups in total. The number of nitrogens with one attached hydrogen (secondary N) is 2. The van der Waals surface area contributed by atoms with Crippen molar-refractivity contribution < 1.29 is 9.90 Å². The van der Waals surface area contributed by atoms with Crippen molar-refractivity contribution in [1.82, 2.24) is 20.6 Å². The van der Waals surface area contributed by atoms with Crippen LogP contribution in [-0.4, -0.2) is 32.4 Å². The summed E-state index contributed by atoms with van der Waals surface area (Å²) in [6.07, 6.45) is 2.55. The number of carbonyl (C=O) groups excluding carboxylic acids is 1. The Morgan fingerprint density at radius 3 is 3.11 bits per heavy atom. The van der Waals surface area contributed by atoms with Crippen molar-refractivity contribution in [2.45, 2.75) is 0 Å². The maximum Gasteiger partial charge on any atom is 0.308 e. The van der Waals surface area contributed by atoms with Gasteiger partial charge in [0.2, 0.25) is 5.82 Å². The molecule has 2 rings (SSSR count). The van der Waals surface area contributed by atoms with E-state index in [4.69, 9.17) is 0 Å². The SMILES string of the molecule is O=C(NN=Cc1cc(Br)ccc1O)c1ncn[nH]1. The second-order valence-electron chi connectivity index (χ2n) is 3.24. The molecule has 1 aromatic carbocycles. The largest absolute Gasteiger partial charge is 0.507 e. The number of H-pyrrole nitrogens is 1. The molecule has 0 bridgehead atoms. The Balaban J connectivity index is 2.03. The van der Waals surface area contributed by atoms with Gasteiger partial charge in [0.15, 0.2) is 0 Å². The quantitative estimate of drug-likeness (QED) is 0.582. The molecule has 0 atom stereocenters. The van der Waals surface area contributed by atoms with Crippen LogP contribution in [-0.2, 0) is 0 Å². The van der Waals surface area contributed by atoms with Crippen LogP contribution >= 0.6 is 15.9 Å². The van der Waals surface area contributed by atoms with E-state index in [1.54, 1.807) is 12.1 Å². The molecule has 0 aliphatic heterocycles. The highest BCUT2D eigenvalue weighted by Gasteiger charge is 2.06. The second kappa shape index (κ2) is 5.41. The lowest BCUT2D eigenvalue weighted by Crippen LogP contribution is -2.19. The number of benzene rings is 1. The number of aromatic amines is 1. The average Bonchev–Trinajstić information content (AvgIpc) is 2.87. The summed E-state index contributed by atoms with van der Waals surface area (Å²) in [6.45, 7) is 0. The van der Waals surface area contributed by atoms with Crippen molar-refractivity contribution >= 4 is 28.1 Å². The second-order valence-corrected chi connectivity index (χ2v) is 4.15. The van der Waals surface area contributed by atoms with Gasteiger partial charge in [-0.05, 0) is 18.2 Å². The summed E-state index contributed by atoms with van der Waals surface area (Å²) in [4.78, 5) is 15.1. The molecule has 18 heavy (non-hydrogen) atoms. The number of phenols is 1. The fraction of sp³-hybridized carbons (Fsp3) is 0. The number of halogens is 1. The van der Waals surface area contributed by atoms with Gasteiger partial charge in [-0.3, -0.25) is 9.89 Å². The summed E-state index contributed by atoms with van der Waals surface area (Å²) in [6, 6.07) is 4.88. The predicted molar refractivity (Wildman–Crippen MR) is 67.2 cm³/mol. The zero-order chi connectivity index (χ0) is 13.0. The first-order valence-electron chi connectivity index (χ1n) is 4.84. The molecule has 92 valence electrons. The molecule has 1 aromatic heterocycles. The molecule has 2 aromatic rings. The summed E-state index contributed by atoms with van der Waals surface area (Å²) >= 11 is 3.27. The molecule has 0 aliphatic rings. The zero-order valence-electron chi connectivity index (χ0n) is 8.96. The Morgan fingerprint density at radius 2 is 2.39 bits per heavy atom. The normalized spacial score (nSPS) is 10.7. The number of nitrogens with zero attached hydrogens (tertiary/aromatic N) is 3. The molecule has 0 unspecified atom stereocenters. The topological polar surface area (TPSA) is 103 Å². The van der Waals surface area contributed by atoms with Crippen LogP contribution in [0.4, 0.5) is 0 Å². The van der Waals surface area contributed by atoms with E-state index in [1.807, 2.05) is 0 Å². The lowest BCUT2D eigenvalue weighted by atomic mass is 10.2. The van der Waals surface area contributed by atoms with Crippen molar-refractivity contribution in [1.29, 1.82) is 0 Å². The fourth-order valence-corrected chi connectivity index (χ4v) is 1.54. The van der Waals surface area contributed by atoms with Gasteiger partial charge in [-0.1, -0.05) is 15.9 Å². The number of carbonyl (C=O) groups is 1. The van der Waals surface area contributed by atoms with Crippen LogP contribution in [0, 0.1) is 0 Å². The smallest absolute Gasteiger partial charge is 0.308 e. The van der Waals surface area contributed by atoms with Gasteiger partial charge < -0.3 is 5.11 Å². The van der Waals surface area contributed by atoms with Crippen LogP contribution in [0.1, 0.15) is 16.2 Å². The van der Waals surface area contributed by atoms with Crippen molar-refractivity contribution in [3.05, 3.63) is 40.4 Å². The summed E-state index contributed by atoms with van der Waals surface area (Å²) in [5.74, 6) is -0.389. The Morgan fingerprint density at radius 1 is 1.56 bits per heavy atom. The molecule has 0 spiro atoms. The van der Waals surface area contributed by atoms with Crippen LogP contribution in [0.3, 0.4) is 0 Å². The Hall–Kier alpha value is -2.22. The monoisotopic (exact) mass is 309 g/mol. The van der Waals surface area contributed by atoms with Crippen molar-refractivity contribution in [2.75, 3.05) is 0 Å². The zero-order valence-corrected chi connectivity index (χ0v) is 10.5. The molecule has 1 heterocycles. The van der Waals surface area contributed by atoms with Gasteiger partial charge >= 0.3 is 5.91 Å². The summed E-state index contributed by atoms with van der Waals surface area (Å²) in [7, 11) is 0. The first-order valence-corrected chi connectivity index (χ1v) is 5.63. The standard InChI is InChI=1S/C10H8BrN5O2/c11-7-1-2-8(17)6(3-7)4-13-16-10(18)9-12-5-14-15-9/h1-5,17H,(H,16,18)(H,12,14,15). The molecule has 0 fully saturated rings.